The molecule has 0 fully saturated rings. The first-order valence-electron chi connectivity index (χ1n) is 7.15. The van der Waals surface area contributed by atoms with Crippen molar-refractivity contribution in [2.24, 2.45) is 0 Å². The van der Waals surface area contributed by atoms with Crippen LogP contribution in [0.25, 0.3) is 21.7 Å². The molecule has 3 rings (SSSR count). The fourth-order valence-electron chi connectivity index (χ4n) is 2.44. The summed E-state index contributed by atoms with van der Waals surface area (Å²) in [5.74, 6) is 1.67. The average molecular weight is 343 g/mol. The zero-order valence-electron chi connectivity index (χ0n) is 13.6. The van der Waals surface area contributed by atoms with Crippen molar-refractivity contribution >= 4 is 16.5 Å². The number of rotatable bonds is 5. The standard InChI is InChI=1S/C17H17N3O3S/c1-21-12-7-11(8-13(22-2)15(12)23-3)14-16(24-17(18)20-14)10-5-4-6-19-9-10/h4-9H,1-3H3,(H2,18,20). The zero-order chi connectivity index (χ0) is 17.1. The lowest BCUT2D eigenvalue weighted by Gasteiger charge is -2.14. The van der Waals surface area contributed by atoms with E-state index in [1.807, 2.05) is 24.3 Å². The highest BCUT2D eigenvalue weighted by molar-refractivity contribution is 7.19. The Bertz CT molecular complexity index is 825. The number of nitrogens with two attached hydrogens (primary N) is 1. The van der Waals surface area contributed by atoms with Gasteiger partial charge in [0.05, 0.1) is 31.9 Å². The highest BCUT2D eigenvalue weighted by Crippen LogP contribution is 2.44. The van der Waals surface area contributed by atoms with Crippen LogP contribution < -0.4 is 19.9 Å². The maximum atomic E-state index is 5.95. The lowest BCUT2D eigenvalue weighted by atomic mass is 10.1. The minimum Gasteiger partial charge on any atom is -0.493 e. The molecule has 124 valence electrons. The lowest BCUT2D eigenvalue weighted by molar-refractivity contribution is 0.324. The Morgan fingerprint density at radius 2 is 1.71 bits per heavy atom. The number of hydrogen-bond acceptors (Lipinski definition) is 7. The van der Waals surface area contributed by atoms with E-state index in [1.165, 1.54) is 11.3 Å². The number of aromatic nitrogens is 2. The van der Waals surface area contributed by atoms with Crippen LogP contribution in [0, 0.1) is 0 Å². The van der Waals surface area contributed by atoms with Crippen molar-refractivity contribution in [1.82, 2.24) is 9.97 Å². The van der Waals surface area contributed by atoms with E-state index in [2.05, 4.69) is 9.97 Å². The summed E-state index contributed by atoms with van der Waals surface area (Å²) < 4.78 is 16.2. The van der Waals surface area contributed by atoms with Gasteiger partial charge >= 0.3 is 0 Å². The van der Waals surface area contributed by atoms with Crippen LogP contribution in [0.1, 0.15) is 0 Å². The average Bonchev–Trinajstić information content (AvgIpc) is 3.03. The number of hydrogen-bond donors (Lipinski definition) is 1. The number of ether oxygens (including phenoxy) is 3. The summed E-state index contributed by atoms with van der Waals surface area (Å²) in [4.78, 5) is 9.59. The third-order valence-corrected chi connectivity index (χ3v) is 4.44. The van der Waals surface area contributed by atoms with Gasteiger partial charge in [0.15, 0.2) is 16.6 Å². The van der Waals surface area contributed by atoms with Gasteiger partial charge in [-0.15, -0.1) is 0 Å². The molecule has 0 spiro atoms. The molecule has 2 aromatic heterocycles. The quantitative estimate of drug-likeness (QED) is 0.764. The second-order valence-corrected chi connectivity index (χ2v) is 5.92. The van der Waals surface area contributed by atoms with E-state index in [4.69, 9.17) is 19.9 Å². The maximum Gasteiger partial charge on any atom is 0.203 e. The molecule has 7 heteroatoms. The van der Waals surface area contributed by atoms with E-state index in [0.29, 0.717) is 22.4 Å². The molecule has 0 atom stereocenters. The number of nitrogens with zero attached hydrogens (tertiary/aromatic N) is 2. The summed E-state index contributed by atoms with van der Waals surface area (Å²) in [6.07, 6.45) is 3.52. The van der Waals surface area contributed by atoms with Crippen molar-refractivity contribution < 1.29 is 14.2 Å². The number of nitrogen functional groups attached to an aromatic ring is 1. The summed E-state index contributed by atoms with van der Waals surface area (Å²) in [7, 11) is 4.74. The molecule has 0 amide bonds. The van der Waals surface area contributed by atoms with Crippen LogP contribution in [-0.4, -0.2) is 31.3 Å². The molecule has 0 bridgehead atoms. The monoisotopic (exact) mass is 343 g/mol. The Hall–Kier alpha value is -2.80. The van der Waals surface area contributed by atoms with E-state index in [0.717, 1.165) is 21.7 Å². The summed E-state index contributed by atoms with van der Waals surface area (Å²) in [5, 5.41) is 0.484. The summed E-state index contributed by atoms with van der Waals surface area (Å²) in [6.45, 7) is 0. The molecule has 0 aliphatic carbocycles. The molecular weight excluding hydrogens is 326 g/mol. The van der Waals surface area contributed by atoms with Crippen LogP contribution >= 0.6 is 11.3 Å². The van der Waals surface area contributed by atoms with Gasteiger partial charge in [-0.3, -0.25) is 4.98 Å². The van der Waals surface area contributed by atoms with Crippen molar-refractivity contribution in [1.29, 1.82) is 0 Å². The number of thiazole rings is 1. The van der Waals surface area contributed by atoms with E-state index >= 15 is 0 Å². The SMILES string of the molecule is COc1cc(-c2nc(N)sc2-c2cccnc2)cc(OC)c1OC. The van der Waals surface area contributed by atoms with Crippen molar-refractivity contribution in [2.45, 2.75) is 0 Å². The van der Waals surface area contributed by atoms with E-state index in [1.54, 1.807) is 33.7 Å². The molecular formula is C17H17N3O3S. The summed E-state index contributed by atoms with van der Waals surface area (Å²) >= 11 is 1.41. The minimum absolute atomic E-state index is 0.484. The predicted molar refractivity (Wildman–Crippen MR) is 94.8 cm³/mol. The first-order chi connectivity index (χ1) is 11.7. The Morgan fingerprint density at radius 1 is 1.00 bits per heavy atom. The summed E-state index contributed by atoms with van der Waals surface area (Å²) in [5.41, 5.74) is 8.49. The molecule has 3 aromatic rings. The Kier molecular flexibility index (Phi) is 4.52. The molecule has 0 saturated heterocycles. The molecule has 24 heavy (non-hydrogen) atoms. The molecule has 6 nitrogen and oxygen atoms in total. The second kappa shape index (κ2) is 6.76. The first kappa shape index (κ1) is 16.1. The molecule has 1 aromatic carbocycles. The molecule has 2 heterocycles. The minimum atomic E-state index is 0.484. The fraction of sp³-hybridized carbons (Fsp3) is 0.176. The number of anilines is 1. The highest BCUT2D eigenvalue weighted by Gasteiger charge is 2.19. The Balaban J connectivity index is 2.20. The summed E-state index contributed by atoms with van der Waals surface area (Å²) in [6, 6.07) is 7.57. The van der Waals surface area contributed by atoms with E-state index < -0.39 is 0 Å². The van der Waals surface area contributed by atoms with Crippen LogP contribution in [-0.2, 0) is 0 Å². The molecule has 0 aliphatic rings. The van der Waals surface area contributed by atoms with Crippen molar-refractivity contribution in [3.8, 4) is 38.9 Å². The van der Waals surface area contributed by atoms with Gasteiger partial charge in [0, 0.05) is 23.5 Å². The number of methoxy groups -OCH3 is 3. The fourth-order valence-corrected chi connectivity index (χ4v) is 3.29. The van der Waals surface area contributed by atoms with Crippen LogP contribution in [0.2, 0.25) is 0 Å². The van der Waals surface area contributed by atoms with Crippen molar-refractivity contribution in [3.05, 3.63) is 36.7 Å². The van der Waals surface area contributed by atoms with Gasteiger partial charge < -0.3 is 19.9 Å². The van der Waals surface area contributed by atoms with Gasteiger partial charge in [-0.1, -0.05) is 17.4 Å². The van der Waals surface area contributed by atoms with Gasteiger partial charge in [-0.2, -0.15) is 0 Å². The maximum absolute atomic E-state index is 5.95. The lowest BCUT2D eigenvalue weighted by Crippen LogP contribution is -1.96. The van der Waals surface area contributed by atoms with E-state index in [-0.39, 0.29) is 0 Å². The normalized spacial score (nSPS) is 10.5. The first-order valence-corrected chi connectivity index (χ1v) is 7.96. The topological polar surface area (TPSA) is 79.5 Å². The largest absolute Gasteiger partial charge is 0.493 e. The third kappa shape index (κ3) is 2.85. The van der Waals surface area contributed by atoms with Crippen LogP contribution in [0.5, 0.6) is 17.2 Å². The van der Waals surface area contributed by atoms with Gasteiger partial charge in [0.25, 0.3) is 0 Å². The Morgan fingerprint density at radius 3 is 2.25 bits per heavy atom. The van der Waals surface area contributed by atoms with Gasteiger partial charge in [-0.25, -0.2) is 4.98 Å². The van der Waals surface area contributed by atoms with E-state index in [9.17, 15) is 0 Å². The molecule has 0 saturated carbocycles. The van der Waals surface area contributed by atoms with Crippen molar-refractivity contribution in [3.63, 3.8) is 0 Å². The highest BCUT2D eigenvalue weighted by atomic mass is 32.1. The third-order valence-electron chi connectivity index (χ3n) is 3.51. The zero-order valence-corrected chi connectivity index (χ0v) is 14.4. The van der Waals surface area contributed by atoms with Gasteiger partial charge in [0.1, 0.15) is 0 Å². The smallest absolute Gasteiger partial charge is 0.203 e. The molecule has 2 N–H and O–H groups in total. The van der Waals surface area contributed by atoms with Crippen LogP contribution in [0.3, 0.4) is 0 Å². The Labute approximate surface area is 143 Å². The van der Waals surface area contributed by atoms with Crippen LogP contribution in [0.4, 0.5) is 5.13 Å². The number of pyridine rings is 1. The molecule has 0 aliphatic heterocycles. The molecule has 0 radical (unpaired) electrons. The predicted octanol–water partition coefficient (Wildman–Crippen LogP) is 3.48. The van der Waals surface area contributed by atoms with Crippen molar-refractivity contribution in [2.75, 3.05) is 27.1 Å². The van der Waals surface area contributed by atoms with Gasteiger partial charge in [0.2, 0.25) is 5.75 Å². The van der Waals surface area contributed by atoms with Crippen LogP contribution in [0.15, 0.2) is 36.7 Å². The second-order valence-electron chi connectivity index (χ2n) is 4.89. The van der Waals surface area contributed by atoms with Gasteiger partial charge in [-0.05, 0) is 18.2 Å². The molecule has 0 unspecified atom stereocenters. The number of benzene rings is 1.